The van der Waals surface area contributed by atoms with Crippen molar-refractivity contribution >= 4 is 5.91 Å². The number of alkyl halides is 3. The molecule has 1 amide bonds. The van der Waals surface area contributed by atoms with Gasteiger partial charge >= 0.3 is 6.18 Å². The first-order valence-corrected chi connectivity index (χ1v) is 9.87. The van der Waals surface area contributed by atoms with Crippen molar-refractivity contribution in [3.63, 3.8) is 0 Å². The molecule has 1 N–H and O–H groups in total. The smallest absolute Gasteiger partial charge is 0.344 e. The van der Waals surface area contributed by atoms with Gasteiger partial charge in [0.2, 0.25) is 0 Å². The van der Waals surface area contributed by atoms with Crippen LogP contribution in [0, 0.1) is 5.92 Å². The van der Waals surface area contributed by atoms with E-state index >= 15 is 0 Å². The van der Waals surface area contributed by atoms with Crippen LogP contribution in [0.1, 0.15) is 34.1 Å². The van der Waals surface area contributed by atoms with Crippen LogP contribution >= 0.6 is 0 Å². The lowest BCUT2D eigenvalue weighted by molar-refractivity contribution is -0.137. The molecule has 3 aromatic rings. The summed E-state index contributed by atoms with van der Waals surface area (Å²) in [5.74, 6) is 0.172. The van der Waals surface area contributed by atoms with Crippen molar-refractivity contribution < 1.29 is 18.0 Å². The summed E-state index contributed by atoms with van der Waals surface area (Å²) in [6.45, 7) is 1.29. The number of amides is 1. The van der Waals surface area contributed by atoms with Gasteiger partial charge in [-0.15, -0.1) is 0 Å². The number of aromatic nitrogens is 4. The number of halogens is 3. The van der Waals surface area contributed by atoms with Gasteiger partial charge in [0.25, 0.3) is 11.5 Å². The first kappa shape index (κ1) is 19.5. The van der Waals surface area contributed by atoms with E-state index in [0.717, 1.165) is 24.2 Å². The molecular formula is C21H18F3N5O2. The lowest BCUT2D eigenvalue weighted by atomic mass is 9.82. The van der Waals surface area contributed by atoms with Gasteiger partial charge in [-0.25, -0.2) is 4.98 Å². The zero-order chi connectivity index (χ0) is 21.8. The van der Waals surface area contributed by atoms with Crippen LogP contribution < -0.4 is 5.56 Å². The first-order valence-electron chi connectivity index (χ1n) is 9.87. The standard InChI is InChI=1S/C21H18F3N5O2/c22-21(23,24)14-1-3-16(27-8-14)20(31)28-9-12-7-13(11-28)17-4-2-15(18-25-5-6-26-18)19(30)29(17)10-12/h1-6,8,12-13H,7,9-11H2,(H,25,26)/t12-,13+/m0/s1. The van der Waals surface area contributed by atoms with E-state index in [1.165, 1.54) is 0 Å². The monoisotopic (exact) mass is 429 g/mol. The Balaban J connectivity index is 1.40. The second-order valence-corrected chi connectivity index (χ2v) is 7.96. The summed E-state index contributed by atoms with van der Waals surface area (Å²) < 4.78 is 40.0. The van der Waals surface area contributed by atoms with Crippen LogP contribution in [-0.2, 0) is 12.7 Å². The van der Waals surface area contributed by atoms with Gasteiger partial charge in [0.15, 0.2) is 0 Å². The second kappa shape index (κ2) is 7.07. The number of nitrogens with zero attached hydrogens (tertiary/aromatic N) is 4. The van der Waals surface area contributed by atoms with Gasteiger partial charge in [0.05, 0.1) is 11.1 Å². The molecule has 1 saturated heterocycles. The van der Waals surface area contributed by atoms with Gasteiger partial charge in [-0.3, -0.25) is 14.6 Å². The highest BCUT2D eigenvalue weighted by atomic mass is 19.4. The summed E-state index contributed by atoms with van der Waals surface area (Å²) in [5, 5.41) is 0. The number of pyridine rings is 2. The van der Waals surface area contributed by atoms with Crippen LogP contribution in [-0.4, -0.2) is 43.4 Å². The summed E-state index contributed by atoms with van der Waals surface area (Å²) in [5.41, 5.74) is 0.329. The number of carbonyl (C=O) groups excluding carboxylic acids is 1. The van der Waals surface area contributed by atoms with Gasteiger partial charge in [0, 0.05) is 49.8 Å². The van der Waals surface area contributed by atoms with Crippen LogP contribution in [0.3, 0.4) is 0 Å². The minimum Gasteiger partial charge on any atom is -0.344 e. The molecule has 0 aliphatic carbocycles. The van der Waals surface area contributed by atoms with Crippen molar-refractivity contribution in [3.8, 4) is 11.4 Å². The number of nitrogens with one attached hydrogen (secondary N) is 1. The van der Waals surface area contributed by atoms with E-state index < -0.39 is 17.6 Å². The van der Waals surface area contributed by atoms with Crippen molar-refractivity contribution in [2.45, 2.75) is 25.1 Å². The van der Waals surface area contributed by atoms with E-state index in [0.29, 0.717) is 37.2 Å². The zero-order valence-corrected chi connectivity index (χ0v) is 16.3. The summed E-state index contributed by atoms with van der Waals surface area (Å²) in [6.07, 6.45) is 0.285. The molecule has 5 rings (SSSR count). The fourth-order valence-electron chi connectivity index (χ4n) is 4.55. The van der Waals surface area contributed by atoms with Crippen LogP contribution in [0.25, 0.3) is 11.4 Å². The molecule has 10 heteroatoms. The van der Waals surface area contributed by atoms with Gasteiger partial charge in [-0.05, 0) is 36.6 Å². The van der Waals surface area contributed by atoms with Gasteiger partial charge in [-0.2, -0.15) is 13.2 Å². The highest BCUT2D eigenvalue weighted by Gasteiger charge is 2.38. The Morgan fingerprint density at radius 2 is 1.94 bits per heavy atom. The SMILES string of the molecule is O=C(c1ccc(C(F)(F)F)cn1)N1C[C@@H]2C[C@H](C1)c1ccc(-c3ncc[nH]3)c(=O)n1C2. The van der Waals surface area contributed by atoms with Crippen molar-refractivity contribution in [3.05, 3.63) is 70.2 Å². The Morgan fingerprint density at radius 1 is 1.10 bits per heavy atom. The molecule has 3 aromatic heterocycles. The van der Waals surface area contributed by atoms with Crippen LogP contribution in [0.5, 0.6) is 0 Å². The molecule has 31 heavy (non-hydrogen) atoms. The van der Waals surface area contributed by atoms with Gasteiger partial charge < -0.3 is 14.5 Å². The molecule has 1 fully saturated rings. The summed E-state index contributed by atoms with van der Waals surface area (Å²) >= 11 is 0. The molecule has 2 aliphatic heterocycles. The van der Waals surface area contributed by atoms with Gasteiger partial charge in [-0.1, -0.05) is 0 Å². The van der Waals surface area contributed by atoms with Crippen LogP contribution in [0.15, 0.2) is 47.7 Å². The highest BCUT2D eigenvalue weighted by molar-refractivity contribution is 5.92. The quantitative estimate of drug-likeness (QED) is 0.679. The number of hydrogen-bond acceptors (Lipinski definition) is 4. The Bertz CT molecular complexity index is 1190. The molecule has 2 aliphatic rings. The number of rotatable bonds is 2. The molecule has 0 unspecified atom stereocenters. The van der Waals surface area contributed by atoms with E-state index in [1.807, 2.05) is 6.07 Å². The van der Waals surface area contributed by atoms with Crippen LogP contribution in [0.2, 0.25) is 0 Å². The Kier molecular flexibility index (Phi) is 4.45. The van der Waals surface area contributed by atoms with E-state index in [9.17, 15) is 22.8 Å². The summed E-state index contributed by atoms with van der Waals surface area (Å²) in [6, 6.07) is 5.62. The van der Waals surface area contributed by atoms with Crippen molar-refractivity contribution in [1.29, 1.82) is 0 Å². The number of aromatic amines is 1. The molecular weight excluding hydrogens is 411 g/mol. The average molecular weight is 429 g/mol. The Hall–Kier alpha value is -3.43. The van der Waals surface area contributed by atoms with E-state index in [2.05, 4.69) is 15.0 Å². The van der Waals surface area contributed by atoms with Crippen molar-refractivity contribution in [2.24, 2.45) is 5.92 Å². The molecule has 5 heterocycles. The molecule has 160 valence electrons. The fourth-order valence-corrected chi connectivity index (χ4v) is 4.55. The minimum absolute atomic E-state index is 0.0152. The fraction of sp³-hybridized carbons (Fsp3) is 0.333. The minimum atomic E-state index is -4.50. The molecule has 2 atom stereocenters. The number of H-pyrrole nitrogens is 1. The number of likely N-dealkylation sites (tertiary alicyclic amines) is 1. The van der Waals surface area contributed by atoms with E-state index in [1.54, 1.807) is 27.9 Å². The van der Waals surface area contributed by atoms with Crippen LogP contribution in [0.4, 0.5) is 13.2 Å². The normalized spacial score (nSPS) is 20.4. The molecule has 0 spiro atoms. The Labute approximate surface area is 174 Å². The largest absolute Gasteiger partial charge is 0.417 e. The first-order chi connectivity index (χ1) is 14.8. The third-order valence-electron chi connectivity index (χ3n) is 5.95. The molecule has 7 nitrogen and oxygen atoms in total. The maximum Gasteiger partial charge on any atom is 0.417 e. The van der Waals surface area contributed by atoms with Gasteiger partial charge in [0.1, 0.15) is 11.5 Å². The zero-order valence-electron chi connectivity index (χ0n) is 16.3. The maximum atomic E-state index is 13.0. The number of piperidine rings is 1. The predicted molar refractivity (Wildman–Crippen MR) is 104 cm³/mol. The lowest BCUT2D eigenvalue weighted by Gasteiger charge is -2.42. The molecule has 0 radical (unpaired) electrons. The van der Waals surface area contributed by atoms with E-state index in [-0.39, 0.29) is 23.1 Å². The molecule has 0 saturated carbocycles. The number of hydrogen-bond donors (Lipinski definition) is 1. The third-order valence-corrected chi connectivity index (χ3v) is 5.95. The van der Waals surface area contributed by atoms with E-state index in [4.69, 9.17) is 0 Å². The van der Waals surface area contributed by atoms with Crippen molar-refractivity contribution in [2.75, 3.05) is 13.1 Å². The second-order valence-electron chi connectivity index (χ2n) is 7.96. The van der Waals surface area contributed by atoms with Crippen molar-refractivity contribution in [1.82, 2.24) is 24.4 Å². The number of carbonyl (C=O) groups is 1. The highest BCUT2D eigenvalue weighted by Crippen LogP contribution is 2.36. The predicted octanol–water partition coefficient (Wildman–Crippen LogP) is 2.91. The number of fused-ring (bicyclic) bond motifs is 4. The lowest BCUT2D eigenvalue weighted by Crippen LogP contribution is -2.49. The molecule has 0 aromatic carbocycles. The summed E-state index contributed by atoms with van der Waals surface area (Å²) in [7, 11) is 0. The number of imidazole rings is 1. The molecule has 2 bridgehead atoms. The summed E-state index contributed by atoms with van der Waals surface area (Å²) in [4.78, 5) is 38.4. The topological polar surface area (TPSA) is 83.9 Å². The Morgan fingerprint density at radius 3 is 2.61 bits per heavy atom. The average Bonchev–Trinajstić information content (AvgIpc) is 3.28. The third kappa shape index (κ3) is 3.41. The maximum absolute atomic E-state index is 13.0.